The smallest absolute Gasteiger partial charge is 0.224 e. The maximum atomic E-state index is 12.0. The van der Waals surface area contributed by atoms with Crippen molar-refractivity contribution in [3.05, 3.63) is 23.2 Å². The van der Waals surface area contributed by atoms with Gasteiger partial charge in [0, 0.05) is 19.0 Å². The average molecular weight is 323 g/mol. The molecule has 120 valence electrons. The van der Waals surface area contributed by atoms with Gasteiger partial charge in [0.1, 0.15) is 0 Å². The van der Waals surface area contributed by atoms with Gasteiger partial charge in [-0.05, 0) is 30.5 Å². The van der Waals surface area contributed by atoms with E-state index >= 15 is 0 Å². The van der Waals surface area contributed by atoms with Gasteiger partial charge in [0.2, 0.25) is 11.8 Å². The van der Waals surface area contributed by atoms with E-state index in [2.05, 4.69) is 10.6 Å². The molecule has 0 unspecified atom stereocenters. The molecule has 0 radical (unpaired) electrons. The first-order valence-electron chi connectivity index (χ1n) is 7.91. The fraction of sp³-hybridized carbons (Fsp3) is 0.529. The summed E-state index contributed by atoms with van der Waals surface area (Å²) in [7, 11) is 0. The zero-order valence-corrected chi connectivity index (χ0v) is 13.7. The van der Waals surface area contributed by atoms with Crippen LogP contribution in [0.25, 0.3) is 0 Å². The van der Waals surface area contributed by atoms with Crippen molar-refractivity contribution in [2.75, 3.05) is 10.6 Å². The average Bonchev–Trinajstić information content (AvgIpc) is 2.49. The van der Waals surface area contributed by atoms with Crippen LogP contribution in [-0.4, -0.2) is 11.8 Å². The third-order valence-corrected chi connectivity index (χ3v) is 4.38. The van der Waals surface area contributed by atoms with Crippen molar-refractivity contribution in [1.29, 1.82) is 0 Å². The lowest BCUT2D eigenvalue weighted by Gasteiger charge is -2.21. The summed E-state index contributed by atoms with van der Waals surface area (Å²) in [5, 5.41) is 5.92. The Bertz CT molecular complexity index is 539. The molecule has 1 aliphatic rings. The molecule has 1 fully saturated rings. The van der Waals surface area contributed by atoms with Crippen LogP contribution in [-0.2, 0) is 9.59 Å². The highest BCUT2D eigenvalue weighted by atomic mass is 35.5. The summed E-state index contributed by atoms with van der Waals surface area (Å²) in [6, 6.07) is 5.10. The van der Waals surface area contributed by atoms with E-state index in [0.29, 0.717) is 28.7 Å². The number of carbonyl (C=O) groups is 2. The summed E-state index contributed by atoms with van der Waals surface area (Å²) in [6.45, 7) is 1.43. The fourth-order valence-corrected chi connectivity index (χ4v) is 3.15. The van der Waals surface area contributed by atoms with Crippen molar-refractivity contribution in [3.63, 3.8) is 0 Å². The number of anilines is 2. The van der Waals surface area contributed by atoms with Crippen LogP contribution in [0, 0.1) is 5.92 Å². The van der Waals surface area contributed by atoms with Crippen LogP contribution in [0.1, 0.15) is 51.9 Å². The fourth-order valence-electron chi connectivity index (χ4n) is 2.92. The number of halogens is 1. The van der Waals surface area contributed by atoms with Gasteiger partial charge in [-0.25, -0.2) is 0 Å². The van der Waals surface area contributed by atoms with Gasteiger partial charge in [-0.1, -0.05) is 43.7 Å². The van der Waals surface area contributed by atoms with Crippen LogP contribution in [0.5, 0.6) is 0 Å². The monoisotopic (exact) mass is 322 g/mol. The first kappa shape index (κ1) is 16.8. The molecule has 0 saturated heterocycles. The van der Waals surface area contributed by atoms with E-state index in [1.807, 2.05) is 0 Å². The van der Waals surface area contributed by atoms with Crippen molar-refractivity contribution in [3.8, 4) is 0 Å². The minimum atomic E-state index is -0.175. The summed E-state index contributed by atoms with van der Waals surface area (Å²) in [4.78, 5) is 23.0. The molecule has 0 heterocycles. The molecular weight excluding hydrogens is 300 g/mol. The summed E-state index contributed by atoms with van der Waals surface area (Å²) in [5.74, 6) is 0.547. The molecule has 2 amide bonds. The minimum absolute atomic E-state index is 0.0221. The molecule has 1 saturated carbocycles. The highest BCUT2D eigenvalue weighted by molar-refractivity contribution is 6.34. The van der Waals surface area contributed by atoms with Crippen LogP contribution in [0.2, 0.25) is 5.02 Å². The summed E-state index contributed by atoms with van der Waals surface area (Å²) >= 11 is 6.09. The molecule has 5 heteroatoms. The topological polar surface area (TPSA) is 58.2 Å². The van der Waals surface area contributed by atoms with Gasteiger partial charge in [0.25, 0.3) is 0 Å². The normalized spacial score (nSPS) is 15.4. The summed E-state index contributed by atoms with van der Waals surface area (Å²) in [5.41, 5.74) is 1.21. The number of rotatable bonds is 5. The van der Waals surface area contributed by atoms with E-state index in [-0.39, 0.29) is 11.8 Å². The van der Waals surface area contributed by atoms with Crippen LogP contribution >= 0.6 is 11.6 Å². The Hall–Kier alpha value is -1.55. The Labute approximate surface area is 136 Å². The molecular formula is C17H23ClN2O2. The van der Waals surface area contributed by atoms with Gasteiger partial charge in [0.05, 0.1) is 10.7 Å². The van der Waals surface area contributed by atoms with Crippen LogP contribution < -0.4 is 10.6 Å². The molecule has 0 spiro atoms. The Morgan fingerprint density at radius 1 is 1.18 bits per heavy atom. The lowest BCUT2D eigenvalue weighted by atomic mass is 9.86. The first-order valence-corrected chi connectivity index (χ1v) is 8.29. The van der Waals surface area contributed by atoms with E-state index in [1.165, 1.54) is 39.0 Å². The third kappa shape index (κ3) is 5.34. The summed E-state index contributed by atoms with van der Waals surface area (Å²) < 4.78 is 0. The number of amides is 2. The van der Waals surface area contributed by atoms with E-state index in [4.69, 9.17) is 11.6 Å². The van der Waals surface area contributed by atoms with Crippen LogP contribution in [0.15, 0.2) is 18.2 Å². The number of hydrogen-bond donors (Lipinski definition) is 2. The number of nitrogens with one attached hydrogen (secondary N) is 2. The Kier molecular flexibility index (Phi) is 6.25. The molecule has 2 rings (SSSR count). The molecule has 1 aliphatic carbocycles. The zero-order valence-electron chi connectivity index (χ0n) is 13.0. The Morgan fingerprint density at radius 3 is 2.55 bits per heavy atom. The Morgan fingerprint density at radius 2 is 1.91 bits per heavy atom. The lowest BCUT2D eigenvalue weighted by molar-refractivity contribution is -0.116. The first-order chi connectivity index (χ1) is 10.5. The van der Waals surface area contributed by atoms with Gasteiger partial charge in [-0.15, -0.1) is 0 Å². The third-order valence-electron chi connectivity index (χ3n) is 4.07. The van der Waals surface area contributed by atoms with E-state index < -0.39 is 0 Å². The molecule has 1 aromatic rings. The van der Waals surface area contributed by atoms with Gasteiger partial charge in [0.15, 0.2) is 0 Å². The molecule has 22 heavy (non-hydrogen) atoms. The molecule has 0 aromatic heterocycles. The van der Waals surface area contributed by atoms with E-state index in [1.54, 1.807) is 18.2 Å². The maximum Gasteiger partial charge on any atom is 0.224 e. The highest BCUT2D eigenvalue weighted by Gasteiger charge is 2.15. The minimum Gasteiger partial charge on any atom is -0.326 e. The number of benzene rings is 1. The molecule has 0 bridgehead atoms. The predicted molar refractivity (Wildman–Crippen MR) is 90.2 cm³/mol. The lowest BCUT2D eigenvalue weighted by Crippen LogP contribution is -2.15. The van der Waals surface area contributed by atoms with Crippen molar-refractivity contribution in [1.82, 2.24) is 0 Å². The molecule has 0 aliphatic heterocycles. The van der Waals surface area contributed by atoms with Gasteiger partial charge >= 0.3 is 0 Å². The largest absolute Gasteiger partial charge is 0.326 e. The number of carbonyl (C=O) groups excluding carboxylic acids is 2. The van der Waals surface area contributed by atoms with E-state index in [9.17, 15) is 9.59 Å². The van der Waals surface area contributed by atoms with Crippen molar-refractivity contribution in [2.24, 2.45) is 5.92 Å². The van der Waals surface area contributed by atoms with Gasteiger partial charge in [-0.3, -0.25) is 9.59 Å². The standard InChI is InChI=1S/C17H23ClN2O2/c1-12(21)19-16-9-8-14(11-15(16)18)20-17(22)10-7-13-5-3-2-4-6-13/h8-9,11,13H,2-7,10H2,1H3,(H,19,21)(H,20,22). The maximum absolute atomic E-state index is 12.0. The molecule has 2 N–H and O–H groups in total. The van der Waals surface area contributed by atoms with E-state index in [0.717, 1.165) is 6.42 Å². The molecule has 0 atom stereocenters. The van der Waals surface area contributed by atoms with Gasteiger partial charge in [-0.2, -0.15) is 0 Å². The number of hydrogen-bond acceptors (Lipinski definition) is 2. The molecule has 4 nitrogen and oxygen atoms in total. The molecule has 1 aromatic carbocycles. The Balaban J connectivity index is 1.83. The quantitative estimate of drug-likeness (QED) is 0.832. The van der Waals surface area contributed by atoms with Crippen molar-refractivity contribution < 1.29 is 9.59 Å². The van der Waals surface area contributed by atoms with Crippen molar-refractivity contribution >= 4 is 34.8 Å². The van der Waals surface area contributed by atoms with Crippen LogP contribution in [0.3, 0.4) is 0 Å². The second kappa shape index (κ2) is 8.18. The van der Waals surface area contributed by atoms with Crippen LogP contribution in [0.4, 0.5) is 11.4 Å². The second-order valence-electron chi connectivity index (χ2n) is 5.97. The highest BCUT2D eigenvalue weighted by Crippen LogP contribution is 2.28. The van der Waals surface area contributed by atoms with Crippen molar-refractivity contribution in [2.45, 2.75) is 51.9 Å². The SMILES string of the molecule is CC(=O)Nc1ccc(NC(=O)CCC2CCCCC2)cc1Cl. The summed E-state index contributed by atoms with van der Waals surface area (Å²) in [6.07, 6.45) is 7.95. The van der Waals surface area contributed by atoms with Gasteiger partial charge < -0.3 is 10.6 Å². The zero-order chi connectivity index (χ0) is 15.9. The second-order valence-corrected chi connectivity index (χ2v) is 6.37. The predicted octanol–water partition coefficient (Wildman–Crippen LogP) is 4.60.